The topological polar surface area (TPSA) is 157 Å². The lowest BCUT2D eigenvalue weighted by Crippen LogP contribution is -2.32. The van der Waals surface area contributed by atoms with Crippen molar-refractivity contribution < 1.29 is 33.3 Å². The molecule has 0 aromatic heterocycles. The maximum atomic E-state index is 12.8. The Morgan fingerprint density at radius 1 is 0.415 bits per heavy atom. The van der Waals surface area contributed by atoms with E-state index in [0.717, 1.165) is 39.2 Å². The Morgan fingerprint density at radius 3 is 1.11 bits per heavy atom. The molecule has 7 rings (SSSR count). The van der Waals surface area contributed by atoms with E-state index in [9.17, 15) is 9.59 Å². The summed E-state index contributed by atoms with van der Waals surface area (Å²) in [5.74, 6) is 0.0992. The molecule has 0 spiro atoms. The summed E-state index contributed by atoms with van der Waals surface area (Å²) in [4.78, 5) is 33.9. The number of ether oxygens (including phenoxy) is 5. The second-order valence-corrected chi connectivity index (χ2v) is 14.3. The van der Waals surface area contributed by atoms with E-state index in [-0.39, 0.29) is 11.6 Å². The number of hydrogen-bond acceptors (Lipinski definition) is 11. The van der Waals surface area contributed by atoms with Gasteiger partial charge in [-0.1, -0.05) is 91.0 Å². The number of nitrogens with zero attached hydrogens (tertiary/aromatic N) is 2. The molecule has 11 heteroatoms. The molecule has 0 aliphatic carbocycles. The zero-order valence-corrected chi connectivity index (χ0v) is 37.2. The molecule has 7 aromatic rings. The van der Waals surface area contributed by atoms with Crippen molar-refractivity contribution >= 4 is 46.1 Å². The highest BCUT2D eigenvalue weighted by Gasteiger charge is 2.31. The fourth-order valence-electron chi connectivity index (χ4n) is 6.39. The van der Waals surface area contributed by atoms with Gasteiger partial charge in [-0.2, -0.15) is 0 Å². The van der Waals surface area contributed by atoms with Crippen molar-refractivity contribution in [1.82, 2.24) is 0 Å². The molecular formula is C54H54N4O7. The highest BCUT2D eigenvalue weighted by molar-refractivity contribution is 5.99. The predicted octanol–water partition coefficient (Wildman–Crippen LogP) is 10.6. The van der Waals surface area contributed by atoms with Crippen LogP contribution < -0.4 is 11.5 Å². The molecule has 0 fully saturated rings. The summed E-state index contributed by atoms with van der Waals surface area (Å²) in [7, 11) is 7.82. The predicted molar refractivity (Wildman–Crippen MR) is 259 cm³/mol. The highest BCUT2D eigenvalue weighted by atomic mass is 16.9. The third kappa shape index (κ3) is 14.4. The van der Waals surface area contributed by atoms with Gasteiger partial charge in [0, 0.05) is 73.4 Å². The number of rotatable bonds is 14. The van der Waals surface area contributed by atoms with Gasteiger partial charge in [-0.3, -0.25) is 9.59 Å². The summed E-state index contributed by atoms with van der Waals surface area (Å²) in [6, 6.07) is 58.0. The lowest BCUT2D eigenvalue weighted by Gasteiger charge is -2.28. The van der Waals surface area contributed by atoms with E-state index in [2.05, 4.69) is 9.98 Å². The molecule has 0 aliphatic heterocycles. The Morgan fingerprint density at radius 2 is 0.738 bits per heavy atom. The van der Waals surface area contributed by atoms with Crippen LogP contribution in [0.1, 0.15) is 48.5 Å². The molecule has 0 aliphatic rings. The van der Waals surface area contributed by atoms with Crippen LogP contribution in [0.25, 0.3) is 0 Å². The Balaban J connectivity index is 0.000000218. The number of anilines is 2. The first-order valence-electron chi connectivity index (χ1n) is 20.6. The summed E-state index contributed by atoms with van der Waals surface area (Å²) in [5.41, 5.74) is 19.8. The summed E-state index contributed by atoms with van der Waals surface area (Å²) in [6.07, 6.45) is 0.681. The normalized spacial score (nSPS) is 11.3. The number of carbonyl (C=O) groups is 2. The molecule has 0 saturated carbocycles. The zero-order valence-electron chi connectivity index (χ0n) is 37.2. The Labute approximate surface area is 381 Å². The van der Waals surface area contributed by atoms with Crippen LogP contribution in [0.2, 0.25) is 0 Å². The van der Waals surface area contributed by atoms with Gasteiger partial charge in [-0.25, -0.2) is 9.98 Å². The molecule has 11 nitrogen and oxygen atoms in total. The second kappa shape index (κ2) is 24.8. The van der Waals surface area contributed by atoms with Gasteiger partial charge in [0.15, 0.2) is 11.6 Å². The highest BCUT2D eigenvalue weighted by Crippen LogP contribution is 2.26. The van der Waals surface area contributed by atoms with E-state index in [1.54, 1.807) is 84.1 Å². The van der Waals surface area contributed by atoms with Crippen molar-refractivity contribution in [2.45, 2.75) is 18.8 Å². The second-order valence-electron chi connectivity index (χ2n) is 14.3. The first kappa shape index (κ1) is 48.3. The van der Waals surface area contributed by atoms with Crippen LogP contribution >= 0.6 is 0 Å². The number of ketones is 2. The summed E-state index contributed by atoms with van der Waals surface area (Å²) in [5, 5.41) is 0. The number of methoxy groups -OCH3 is 5. The van der Waals surface area contributed by atoms with Gasteiger partial charge in [-0.15, -0.1) is 0 Å². The van der Waals surface area contributed by atoms with E-state index >= 15 is 0 Å². The van der Waals surface area contributed by atoms with Crippen molar-refractivity contribution in [1.29, 1.82) is 0 Å². The number of hydrogen-bond donors (Lipinski definition) is 2. The molecular weight excluding hydrogens is 817 g/mol. The average Bonchev–Trinajstić information content (AvgIpc) is 3.36. The van der Waals surface area contributed by atoms with Crippen molar-refractivity contribution in [3.63, 3.8) is 0 Å². The van der Waals surface area contributed by atoms with Gasteiger partial charge in [0.05, 0.1) is 25.6 Å². The number of nitrogens with two attached hydrogens (primary N) is 2. The lowest BCUT2D eigenvalue weighted by atomic mass is 10.0. The molecule has 0 unspecified atom stereocenters. The third-order valence-electron chi connectivity index (χ3n) is 9.89. The minimum absolute atomic E-state index is 0.0358. The quantitative estimate of drug-likeness (QED) is 0.0357. The Kier molecular flexibility index (Phi) is 18.5. The standard InChI is InChI=1S/C30H26N2O3.C14H14N2O.C10H14O3/c1-34-29(24-9-5-3-6-10-24)31-26-17-13-22(14-18-26)21-28(33)23-15-19-27(20-16-23)32-30(35-2)25-11-7-4-8-12-25;15-12-5-1-10(2-6-12)9-14(17)11-3-7-13(16)8-4-11;1-11-10(12-2,13-3)9-7-5-4-6-8-9/h3-20H,21H2,1-2H3;1-8H,9,15-16H2;4-8H,1-3H3. The molecule has 65 heavy (non-hydrogen) atoms. The molecule has 0 bridgehead atoms. The van der Waals surface area contributed by atoms with Gasteiger partial charge < -0.3 is 35.2 Å². The van der Waals surface area contributed by atoms with Crippen LogP contribution in [0.3, 0.4) is 0 Å². The summed E-state index contributed by atoms with van der Waals surface area (Å²) < 4.78 is 26.4. The van der Waals surface area contributed by atoms with Crippen LogP contribution in [0, 0.1) is 0 Å². The van der Waals surface area contributed by atoms with Crippen molar-refractivity contribution in [2.24, 2.45) is 9.98 Å². The first-order chi connectivity index (χ1) is 31.6. The maximum absolute atomic E-state index is 12.8. The fraction of sp³-hybridized carbons (Fsp3) is 0.148. The first-order valence-corrected chi connectivity index (χ1v) is 20.6. The van der Waals surface area contributed by atoms with Gasteiger partial charge in [-0.05, 0) is 108 Å². The third-order valence-corrected chi connectivity index (χ3v) is 9.89. The van der Waals surface area contributed by atoms with Crippen LogP contribution in [0.4, 0.5) is 22.7 Å². The van der Waals surface area contributed by atoms with E-state index in [1.807, 2.05) is 140 Å². The monoisotopic (exact) mass is 870 g/mol. The minimum Gasteiger partial charge on any atom is -0.481 e. The molecule has 7 aromatic carbocycles. The average molecular weight is 871 g/mol. The molecule has 0 saturated heterocycles. The minimum atomic E-state index is -1.08. The summed E-state index contributed by atoms with van der Waals surface area (Å²) in [6.45, 7) is 0. The van der Waals surface area contributed by atoms with Crippen LogP contribution in [0.15, 0.2) is 198 Å². The van der Waals surface area contributed by atoms with Crippen LogP contribution in [0.5, 0.6) is 0 Å². The maximum Gasteiger partial charge on any atom is 0.311 e. The van der Waals surface area contributed by atoms with Crippen molar-refractivity contribution in [2.75, 3.05) is 47.0 Å². The smallest absolute Gasteiger partial charge is 0.311 e. The molecule has 0 atom stereocenters. The van der Waals surface area contributed by atoms with Crippen LogP contribution in [-0.4, -0.2) is 58.9 Å². The fourth-order valence-corrected chi connectivity index (χ4v) is 6.39. The largest absolute Gasteiger partial charge is 0.481 e. The van der Waals surface area contributed by atoms with E-state index in [0.29, 0.717) is 47.1 Å². The Hall–Kier alpha value is -7.70. The Bertz CT molecular complexity index is 2570. The zero-order chi connectivity index (χ0) is 46.4. The van der Waals surface area contributed by atoms with E-state index in [4.69, 9.17) is 35.2 Å². The van der Waals surface area contributed by atoms with Gasteiger partial charge >= 0.3 is 5.97 Å². The number of nitrogen functional groups attached to an aromatic ring is 2. The lowest BCUT2D eigenvalue weighted by molar-refractivity contribution is -0.364. The van der Waals surface area contributed by atoms with Crippen molar-refractivity contribution in [3.05, 3.63) is 227 Å². The number of aliphatic imine (C=N–C) groups is 2. The van der Waals surface area contributed by atoms with Crippen LogP contribution in [-0.2, 0) is 42.5 Å². The SMILES string of the molecule is COC(=Nc1ccc(CC(=O)c2ccc(N=C(OC)c3ccccc3)cc2)cc1)c1ccccc1.COC(OC)(OC)c1ccccc1.Nc1ccc(CC(=O)c2ccc(N)cc2)cc1. The van der Waals surface area contributed by atoms with Gasteiger partial charge in [0.2, 0.25) is 11.8 Å². The van der Waals surface area contributed by atoms with E-state index in [1.165, 1.54) is 0 Å². The molecule has 0 radical (unpaired) electrons. The number of Topliss-reactive ketones (excluding diaryl/α,β-unsaturated/α-hetero) is 2. The van der Waals surface area contributed by atoms with Gasteiger partial charge in [0.1, 0.15) is 0 Å². The van der Waals surface area contributed by atoms with Gasteiger partial charge in [0.25, 0.3) is 0 Å². The summed E-state index contributed by atoms with van der Waals surface area (Å²) >= 11 is 0. The molecule has 332 valence electrons. The van der Waals surface area contributed by atoms with Crippen molar-refractivity contribution in [3.8, 4) is 0 Å². The molecule has 4 N–H and O–H groups in total. The number of benzene rings is 7. The van der Waals surface area contributed by atoms with E-state index < -0.39 is 5.97 Å². The molecule has 0 amide bonds. The number of carbonyl (C=O) groups excluding carboxylic acids is 2. The molecule has 0 heterocycles.